The van der Waals surface area contributed by atoms with E-state index in [1.807, 2.05) is 4.90 Å². The Hall–Kier alpha value is -1.49. The molecule has 0 aliphatic heterocycles. The highest BCUT2D eigenvalue weighted by Gasteiger charge is 2.29. The molecule has 1 saturated carbocycles. The standard InChI is InChI=1S/C13H15F2NO2/c14-11-4-1-9(7-12(11)15)8-16(10-2-3-10)6-5-13(17)18/h1,4,7,10H,2-3,5-6,8H2,(H,17,18). The summed E-state index contributed by atoms with van der Waals surface area (Å²) in [5.74, 6) is -2.56. The maximum atomic E-state index is 13.1. The van der Waals surface area contributed by atoms with Gasteiger partial charge < -0.3 is 5.11 Å². The first kappa shape index (κ1) is 13.0. The minimum Gasteiger partial charge on any atom is -0.481 e. The molecule has 0 saturated heterocycles. The molecule has 18 heavy (non-hydrogen) atoms. The van der Waals surface area contributed by atoms with Gasteiger partial charge in [0.05, 0.1) is 6.42 Å². The van der Waals surface area contributed by atoms with Crippen molar-refractivity contribution in [2.45, 2.75) is 31.8 Å². The second-order valence-electron chi connectivity index (χ2n) is 4.59. The summed E-state index contributed by atoms with van der Waals surface area (Å²) in [6, 6.07) is 4.20. The Morgan fingerprint density at radius 1 is 1.33 bits per heavy atom. The van der Waals surface area contributed by atoms with E-state index in [1.165, 1.54) is 12.1 Å². The lowest BCUT2D eigenvalue weighted by Crippen LogP contribution is -2.28. The molecule has 0 unspecified atom stereocenters. The third kappa shape index (κ3) is 3.50. The predicted octanol–water partition coefficient (Wildman–Crippen LogP) is 2.40. The van der Waals surface area contributed by atoms with Gasteiger partial charge in [0, 0.05) is 19.1 Å². The predicted molar refractivity (Wildman–Crippen MR) is 62.0 cm³/mol. The van der Waals surface area contributed by atoms with E-state index >= 15 is 0 Å². The van der Waals surface area contributed by atoms with Gasteiger partial charge in [-0.15, -0.1) is 0 Å². The van der Waals surface area contributed by atoms with Crippen LogP contribution in [-0.4, -0.2) is 28.6 Å². The summed E-state index contributed by atoms with van der Waals surface area (Å²) < 4.78 is 25.9. The van der Waals surface area contributed by atoms with Gasteiger partial charge in [0.1, 0.15) is 0 Å². The van der Waals surface area contributed by atoms with Gasteiger partial charge in [-0.2, -0.15) is 0 Å². The molecule has 0 aromatic heterocycles. The Morgan fingerprint density at radius 3 is 2.61 bits per heavy atom. The zero-order valence-electron chi connectivity index (χ0n) is 9.90. The van der Waals surface area contributed by atoms with Crippen LogP contribution in [0.2, 0.25) is 0 Å². The van der Waals surface area contributed by atoms with Crippen molar-refractivity contribution in [3.8, 4) is 0 Å². The van der Waals surface area contributed by atoms with Crippen LogP contribution in [0.1, 0.15) is 24.8 Å². The van der Waals surface area contributed by atoms with Crippen molar-refractivity contribution in [2.24, 2.45) is 0 Å². The second-order valence-corrected chi connectivity index (χ2v) is 4.59. The molecule has 98 valence electrons. The molecule has 1 aromatic carbocycles. The van der Waals surface area contributed by atoms with Gasteiger partial charge in [0.25, 0.3) is 0 Å². The molecule has 0 heterocycles. The molecule has 1 aromatic rings. The number of carbonyl (C=O) groups is 1. The zero-order chi connectivity index (χ0) is 13.1. The lowest BCUT2D eigenvalue weighted by atomic mass is 10.2. The van der Waals surface area contributed by atoms with E-state index in [1.54, 1.807) is 0 Å². The fourth-order valence-electron chi connectivity index (χ4n) is 1.94. The summed E-state index contributed by atoms with van der Waals surface area (Å²) in [6.45, 7) is 0.911. The van der Waals surface area contributed by atoms with Crippen molar-refractivity contribution in [2.75, 3.05) is 6.54 Å². The van der Waals surface area contributed by atoms with Crippen LogP contribution >= 0.6 is 0 Å². The van der Waals surface area contributed by atoms with Crippen LogP contribution in [0.15, 0.2) is 18.2 Å². The van der Waals surface area contributed by atoms with Gasteiger partial charge in [-0.05, 0) is 30.5 Å². The highest BCUT2D eigenvalue weighted by atomic mass is 19.2. The molecule has 2 rings (SSSR count). The molecule has 5 heteroatoms. The quantitative estimate of drug-likeness (QED) is 0.848. The Labute approximate surface area is 104 Å². The average molecular weight is 255 g/mol. The summed E-state index contributed by atoms with van der Waals surface area (Å²) in [5, 5.41) is 8.67. The van der Waals surface area contributed by atoms with E-state index < -0.39 is 17.6 Å². The van der Waals surface area contributed by atoms with E-state index in [9.17, 15) is 13.6 Å². The van der Waals surface area contributed by atoms with Gasteiger partial charge in [-0.1, -0.05) is 6.07 Å². The molecule has 0 bridgehead atoms. The highest BCUT2D eigenvalue weighted by molar-refractivity contribution is 5.66. The first-order valence-corrected chi connectivity index (χ1v) is 5.96. The molecule has 0 atom stereocenters. The molecule has 1 fully saturated rings. The Morgan fingerprint density at radius 2 is 2.06 bits per heavy atom. The van der Waals surface area contributed by atoms with E-state index in [-0.39, 0.29) is 6.42 Å². The molecule has 1 aliphatic carbocycles. The van der Waals surface area contributed by atoms with Crippen molar-refractivity contribution >= 4 is 5.97 Å². The van der Waals surface area contributed by atoms with Crippen LogP contribution in [0.25, 0.3) is 0 Å². The maximum Gasteiger partial charge on any atom is 0.304 e. The topological polar surface area (TPSA) is 40.5 Å². The molecule has 0 radical (unpaired) electrons. The molecular weight excluding hydrogens is 240 g/mol. The normalized spacial score (nSPS) is 15.1. The van der Waals surface area contributed by atoms with Crippen molar-refractivity contribution in [3.05, 3.63) is 35.4 Å². The molecule has 1 N–H and O–H groups in total. The van der Waals surface area contributed by atoms with Crippen LogP contribution < -0.4 is 0 Å². The smallest absolute Gasteiger partial charge is 0.304 e. The average Bonchev–Trinajstić information content (AvgIpc) is 3.13. The third-order valence-corrected chi connectivity index (χ3v) is 3.05. The number of halogens is 2. The minimum atomic E-state index is -0.860. The fourth-order valence-corrected chi connectivity index (χ4v) is 1.94. The van der Waals surface area contributed by atoms with Crippen LogP contribution in [-0.2, 0) is 11.3 Å². The van der Waals surface area contributed by atoms with Crippen LogP contribution in [0.5, 0.6) is 0 Å². The molecular formula is C13H15F2NO2. The van der Waals surface area contributed by atoms with Crippen molar-refractivity contribution < 1.29 is 18.7 Å². The van der Waals surface area contributed by atoms with Crippen LogP contribution in [0.4, 0.5) is 8.78 Å². The van der Waals surface area contributed by atoms with E-state index in [0.717, 1.165) is 18.9 Å². The van der Waals surface area contributed by atoms with Gasteiger partial charge in [-0.3, -0.25) is 9.69 Å². The molecule has 3 nitrogen and oxygen atoms in total. The van der Waals surface area contributed by atoms with Gasteiger partial charge >= 0.3 is 5.97 Å². The SMILES string of the molecule is O=C(O)CCN(Cc1ccc(F)c(F)c1)C1CC1. The third-order valence-electron chi connectivity index (χ3n) is 3.05. The number of carboxylic acids is 1. The Bertz CT molecular complexity index is 447. The zero-order valence-corrected chi connectivity index (χ0v) is 9.90. The first-order valence-electron chi connectivity index (χ1n) is 5.96. The van der Waals surface area contributed by atoms with E-state index in [0.29, 0.717) is 24.7 Å². The number of rotatable bonds is 6. The Kier molecular flexibility index (Phi) is 3.91. The number of hydrogen-bond donors (Lipinski definition) is 1. The lowest BCUT2D eigenvalue weighted by Gasteiger charge is -2.21. The molecule has 1 aliphatic rings. The highest BCUT2D eigenvalue weighted by Crippen LogP contribution is 2.28. The van der Waals surface area contributed by atoms with Gasteiger partial charge in [0.15, 0.2) is 11.6 Å². The largest absolute Gasteiger partial charge is 0.481 e. The number of benzene rings is 1. The fraction of sp³-hybridized carbons (Fsp3) is 0.462. The van der Waals surface area contributed by atoms with Crippen LogP contribution in [0.3, 0.4) is 0 Å². The number of nitrogens with zero attached hydrogens (tertiary/aromatic N) is 1. The summed E-state index contributed by atoms with van der Waals surface area (Å²) >= 11 is 0. The van der Waals surface area contributed by atoms with Gasteiger partial charge in [-0.25, -0.2) is 8.78 Å². The van der Waals surface area contributed by atoms with Gasteiger partial charge in [0.2, 0.25) is 0 Å². The Balaban J connectivity index is 1.99. The van der Waals surface area contributed by atoms with E-state index in [4.69, 9.17) is 5.11 Å². The first-order chi connectivity index (χ1) is 8.56. The summed E-state index contributed by atoms with van der Waals surface area (Å²) in [4.78, 5) is 12.6. The summed E-state index contributed by atoms with van der Waals surface area (Å²) in [5.41, 5.74) is 0.672. The number of hydrogen-bond acceptors (Lipinski definition) is 2. The van der Waals surface area contributed by atoms with E-state index in [2.05, 4.69) is 0 Å². The molecule has 0 amide bonds. The lowest BCUT2D eigenvalue weighted by molar-refractivity contribution is -0.137. The maximum absolute atomic E-state index is 13.1. The van der Waals surface area contributed by atoms with Crippen molar-refractivity contribution in [1.29, 1.82) is 0 Å². The number of carboxylic acid groups (broad SMARTS) is 1. The van der Waals surface area contributed by atoms with Crippen molar-refractivity contribution in [3.63, 3.8) is 0 Å². The summed E-state index contributed by atoms with van der Waals surface area (Å²) in [6.07, 6.45) is 2.16. The summed E-state index contributed by atoms with van der Waals surface area (Å²) in [7, 11) is 0. The monoisotopic (exact) mass is 255 g/mol. The minimum absolute atomic E-state index is 0.0696. The van der Waals surface area contributed by atoms with Crippen LogP contribution in [0, 0.1) is 11.6 Å². The van der Waals surface area contributed by atoms with Crippen molar-refractivity contribution in [1.82, 2.24) is 4.90 Å². The second kappa shape index (κ2) is 5.44. The molecule has 0 spiro atoms. The number of aliphatic carboxylic acids is 1.